The maximum Gasteiger partial charge on any atom is 0.290 e. The van der Waals surface area contributed by atoms with Crippen LogP contribution in [0.4, 0.5) is 4.39 Å². The predicted molar refractivity (Wildman–Crippen MR) is 95.4 cm³/mol. The van der Waals surface area contributed by atoms with E-state index < -0.39 is 6.04 Å². The molecule has 1 atom stereocenters. The minimum Gasteiger partial charge on any atom is -0.483 e. The van der Waals surface area contributed by atoms with E-state index in [0.717, 1.165) is 17.2 Å². The van der Waals surface area contributed by atoms with Crippen LogP contribution in [0.25, 0.3) is 0 Å². The molecule has 4 rings (SSSR count). The van der Waals surface area contributed by atoms with Crippen molar-refractivity contribution >= 4 is 12.4 Å². The van der Waals surface area contributed by atoms with Crippen LogP contribution < -0.4 is 0 Å². The highest BCUT2D eigenvalue weighted by atomic mass is 19.1. The highest BCUT2D eigenvalue weighted by Gasteiger charge is 2.33. The summed E-state index contributed by atoms with van der Waals surface area (Å²) in [5.74, 6) is 1.13. The molecule has 3 aromatic rings. The Labute approximate surface area is 160 Å². The topological polar surface area (TPSA) is 106 Å². The largest absolute Gasteiger partial charge is 0.483 e. The van der Waals surface area contributed by atoms with E-state index in [9.17, 15) is 9.18 Å². The minimum atomic E-state index is -0.397. The van der Waals surface area contributed by atoms with Crippen LogP contribution >= 0.6 is 0 Å². The zero-order valence-electron chi connectivity index (χ0n) is 15.1. The van der Waals surface area contributed by atoms with Crippen LogP contribution in [0.5, 0.6) is 0 Å². The van der Waals surface area contributed by atoms with Gasteiger partial charge in [0.2, 0.25) is 5.91 Å². The molecule has 10 heteroatoms. The number of imidazole rings is 1. The number of carbonyl (C=O) groups excluding carboxylic acids is 1. The second-order valence-electron chi connectivity index (χ2n) is 6.24. The summed E-state index contributed by atoms with van der Waals surface area (Å²) in [6.07, 6.45) is 5.24. The monoisotopic (exact) mass is 386 g/mol. The Hall–Kier alpha value is -3.56. The molecule has 0 fully saturated rings. The number of benzene rings is 1. The lowest BCUT2D eigenvalue weighted by atomic mass is 10.1. The first-order valence-corrected chi connectivity index (χ1v) is 8.53. The molecule has 0 spiro atoms. The van der Waals surface area contributed by atoms with Crippen LogP contribution in [0.2, 0.25) is 0 Å². The summed E-state index contributed by atoms with van der Waals surface area (Å²) in [7, 11) is 0. The van der Waals surface area contributed by atoms with Gasteiger partial charge in [-0.2, -0.15) is 0 Å². The summed E-state index contributed by atoms with van der Waals surface area (Å²) in [5, 5.41) is 15.4. The summed E-state index contributed by atoms with van der Waals surface area (Å²) in [6.45, 7) is 2.81. The second-order valence-corrected chi connectivity index (χ2v) is 6.24. The Bertz CT molecular complexity index is 956. The van der Waals surface area contributed by atoms with Gasteiger partial charge in [0.25, 0.3) is 6.47 Å². The van der Waals surface area contributed by atoms with E-state index in [-0.39, 0.29) is 18.2 Å². The van der Waals surface area contributed by atoms with Gasteiger partial charge in [-0.15, -0.1) is 10.2 Å². The average molecular weight is 386 g/mol. The van der Waals surface area contributed by atoms with Gasteiger partial charge in [-0.1, -0.05) is 12.1 Å². The molecule has 1 aliphatic heterocycles. The van der Waals surface area contributed by atoms with Gasteiger partial charge in [-0.3, -0.25) is 14.2 Å². The molecule has 1 N–H and O–H groups in total. The molecule has 0 unspecified atom stereocenters. The van der Waals surface area contributed by atoms with E-state index >= 15 is 0 Å². The van der Waals surface area contributed by atoms with Crippen molar-refractivity contribution in [2.45, 2.75) is 32.6 Å². The smallest absolute Gasteiger partial charge is 0.290 e. The SMILES string of the molecule is C[C@H]1C(=O)N(Cc2cccc(F)c2)Cc2nnc(Cn3ccnc3)n21.O=CO. The molecule has 0 saturated heterocycles. The molecule has 3 heterocycles. The summed E-state index contributed by atoms with van der Waals surface area (Å²) in [6, 6.07) is 5.90. The van der Waals surface area contributed by atoms with Gasteiger partial charge >= 0.3 is 0 Å². The number of halogens is 1. The highest BCUT2D eigenvalue weighted by molar-refractivity contribution is 5.81. The second kappa shape index (κ2) is 8.42. The lowest BCUT2D eigenvalue weighted by Gasteiger charge is -2.32. The molecule has 1 aromatic carbocycles. The van der Waals surface area contributed by atoms with Gasteiger partial charge in [-0.25, -0.2) is 9.37 Å². The van der Waals surface area contributed by atoms with Crippen LogP contribution in [0, 0.1) is 5.82 Å². The summed E-state index contributed by atoms with van der Waals surface area (Å²) >= 11 is 0. The number of hydrogen-bond donors (Lipinski definition) is 1. The van der Waals surface area contributed by atoms with Gasteiger partial charge in [0.1, 0.15) is 11.9 Å². The van der Waals surface area contributed by atoms with Crippen molar-refractivity contribution in [2.24, 2.45) is 0 Å². The first kappa shape index (κ1) is 19.2. The number of carboxylic acid groups (broad SMARTS) is 1. The number of nitrogens with zero attached hydrogens (tertiary/aromatic N) is 6. The standard InChI is InChI=1S/C17H17FN6O.CH2O2/c1-12-17(25)23(8-13-3-2-4-14(18)7-13)10-16-21-20-15(24(12)16)9-22-6-5-19-11-22;2-1-3/h2-7,11-12H,8-10H2,1H3;1H,(H,2,3)/t12-;/m0./s1. The normalized spacial score (nSPS) is 15.6. The first-order valence-electron chi connectivity index (χ1n) is 8.53. The molecule has 1 amide bonds. The maximum atomic E-state index is 13.4. The predicted octanol–water partition coefficient (Wildman–Crippen LogP) is 1.47. The average Bonchev–Trinajstić information content (AvgIpc) is 3.31. The summed E-state index contributed by atoms with van der Waals surface area (Å²) in [5.41, 5.74) is 0.757. The molecule has 0 aliphatic carbocycles. The van der Waals surface area contributed by atoms with E-state index in [0.29, 0.717) is 19.6 Å². The number of hydrogen-bond acceptors (Lipinski definition) is 5. The van der Waals surface area contributed by atoms with Crippen LogP contribution in [0.15, 0.2) is 43.0 Å². The molecular weight excluding hydrogens is 367 g/mol. The Morgan fingerprint density at radius 3 is 2.79 bits per heavy atom. The number of amides is 1. The third-order valence-electron chi connectivity index (χ3n) is 4.37. The molecule has 1 aliphatic rings. The molecular formula is C18H19FN6O3. The van der Waals surface area contributed by atoms with E-state index in [1.807, 2.05) is 28.3 Å². The van der Waals surface area contributed by atoms with Crippen molar-refractivity contribution in [2.75, 3.05) is 0 Å². The Kier molecular flexibility index (Phi) is 5.78. The molecule has 0 bridgehead atoms. The first-order chi connectivity index (χ1) is 13.5. The molecule has 2 aromatic heterocycles. The maximum absolute atomic E-state index is 13.4. The number of carbonyl (C=O) groups is 2. The lowest BCUT2D eigenvalue weighted by molar-refractivity contribution is -0.137. The fourth-order valence-electron chi connectivity index (χ4n) is 3.18. The molecule has 28 heavy (non-hydrogen) atoms. The fraction of sp³-hybridized carbons (Fsp3) is 0.278. The molecule has 0 saturated carbocycles. The molecule has 9 nitrogen and oxygen atoms in total. The Balaban J connectivity index is 0.000000706. The van der Waals surface area contributed by atoms with Gasteiger partial charge in [0.15, 0.2) is 11.6 Å². The van der Waals surface area contributed by atoms with E-state index in [2.05, 4.69) is 15.2 Å². The Morgan fingerprint density at radius 2 is 2.11 bits per heavy atom. The minimum absolute atomic E-state index is 0.0246. The third-order valence-corrected chi connectivity index (χ3v) is 4.37. The molecule has 0 radical (unpaired) electrons. The van der Waals surface area contributed by atoms with Crippen LogP contribution in [0.3, 0.4) is 0 Å². The van der Waals surface area contributed by atoms with Gasteiger partial charge in [0.05, 0.1) is 19.4 Å². The summed E-state index contributed by atoms with van der Waals surface area (Å²) < 4.78 is 17.1. The zero-order valence-corrected chi connectivity index (χ0v) is 15.1. The van der Waals surface area contributed by atoms with Gasteiger partial charge in [0, 0.05) is 18.9 Å². The van der Waals surface area contributed by atoms with Crippen molar-refractivity contribution in [3.05, 3.63) is 66.0 Å². The van der Waals surface area contributed by atoms with Gasteiger partial charge in [-0.05, 0) is 24.6 Å². The fourth-order valence-corrected chi connectivity index (χ4v) is 3.18. The number of rotatable bonds is 4. The summed E-state index contributed by atoms with van der Waals surface area (Å²) in [4.78, 5) is 26.8. The third kappa shape index (κ3) is 4.05. The number of fused-ring (bicyclic) bond motifs is 1. The van der Waals surface area contributed by atoms with Crippen molar-refractivity contribution in [3.8, 4) is 0 Å². The van der Waals surface area contributed by atoms with E-state index in [1.165, 1.54) is 12.1 Å². The Morgan fingerprint density at radius 1 is 1.32 bits per heavy atom. The van der Waals surface area contributed by atoms with Crippen molar-refractivity contribution < 1.29 is 19.1 Å². The van der Waals surface area contributed by atoms with E-state index in [1.54, 1.807) is 23.5 Å². The zero-order chi connectivity index (χ0) is 20.1. The lowest BCUT2D eigenvalue weighted by Crippen LogP contribution is -2.41. The van der Waals surface area contributed by atoms with Crippen molar-refractivity contribution in [1.29, 1.82) is 0 Å². The van der Waals surface area contributed by atoms with E-state index in [4.69, 9.17) is 9.90 Å². The van der Waals surface area contributed by atoms with Gasteiger partial charge < -0.3 is 14.6 Å². The molecule has 146 valence electrons. The van der Waals surface area contributed by atoms with Crippen molar-refractivity contribution in [1.82, 2.24) is 29.2 Å². The van der Waals surface area contributed by atoms with Crippen molar-refractivity contribution in [3.63, 3.8) is 0 Å². The van der Waals surface area contributed by atoms with Crippen LogP contribution in [-0.2, 0) is 29.2 Å². The highest BCUT2D eigenvalue weighted by Crippen LogP contribution is 2.24. The van der Waals surface area contributed by atoms with Crippen LogP contribution in [0.1, 0.15) is 30.2 Å². The number of aromatic nitrogens is 5. The quantitative estimate of drug-likeness (QED) is 0.681. The van der Waals surface area contributed by atoms with Crippen LogP contribution in [-0.4, -0.2) is 46.7 Å².